The number of hydrogen-bond acceptors (Lipinski definition) is 2. The Hall–Kier alpha value is -0.550. The Bertz CT molecular complexity index is 72.6. The van der Waals surface area contributed by atoms with Gasteiger partial charge in [0.15, 0.2) is 0 Å². The summed E-state index contributed by atoms with van der Waals surface area (Å²) in [7, 11) is 0. The van der Waals surface area contributed by atoms with Crippen molar-refractivity contribution in [3.8, 4) is 6.07 Å². The Labute approximate surface area is 43.9 Å². The molecule has 0 heterocycles. The standard InChI is InChI=1S/C5H10N2/c1-5(4-7)2-3-6/h5H,2-3,6H2,1H3. The summed E-state index contributed by atoms with van der Waals surface area (Å²) in [6, 6.07) is 2.09. The molecule has 40 valence electrons. The normalized spacial score (nSPS) is 12.7. The van der Waals surface area contributed by atoms with Gasteiger partial charge in [-0.1, -0.05) is 0 Å². The van der Waals surface area contributed by atoms with Crippen LogP contribution in [0.4, 0.5) is 0 Å². The van der Waals surface area contributed by atoms with Crippen molar-refractivity contribution >= 4 is 0 Å². The first-order chi connectivity index (χ1) is 3.31. The summed E-state index contributed by atoms with van der Waals surface area (Å²) in [6.45, 7) is 2.49. The molecule has 0 aromatic heterocycles. The van der Waals surface area contributed by atoms with Crippen LogP contribution in [-0.4, -0.2) is 6.54 Å². The van der Waals surface area contributed by atoms with Crippen LogP contribution in [0, 0.1) is 17.2 Å². The molecular weight excluding hydrogens is 88.1 g/mol. The van der Waals surface area contributed by atoms with Crippen molar-refractivity contribution in [2.24, 2.45) is 11.7 Å². The first-order valence-electron chi connectivity index (χ1n) is 2.41. The quantitative estimate of drug-likeness (QED) is 0.546. The van der Waals surface area contributed by atoms with Crippen molar-refractivity contribution in [1.82, 2.24) is 0 Å². The molecule has 2 N–H and O–H groups in total. The van der Waals surface area contributed by atoms with E-state index in [2.05, 4.69) is 6.07 Å². The van der Waals surface area contributed by atoms with Crippen molar-refractivity contribution in [3.63, 3.8) is 0 Å². The highest BCUT2D eigenvalue weighted by molar-refractivity contribution is 4.77. The fourth-order valence-electron chi connectivity index (χ4n) is 0.315. The molecule has 0 aliphatic rings. The van der Waals surface area contributed by atoms with Gasteiger partial charge in [0.05, 0.1) is 6.07 Å². The van der Waals surface area contributed by atoms with E-state index in [-0.39, 0.29) is 5.92 Å². The summed E-state index contributed by atoms with van der Waals surface area (Å²) in [4.78, 5) is 0. The van der Waals surface area contributed by atoms with Gasteiger partial charge in [0.2, 0.25) is 0 Å². The van der Waals surface area contributed by atoms with E-state index in [1.54, 1.807) is 0 Å². The highest BCUT2D eigenvalue weighted by Crippen LogP contribution is 1.94. The minimum atomic E-state index is 0.130. The molecule has 7 heavy (non-hydrogen) atoms. The van der Waals surface area contributed by atoms with Crippen molar-refractivity contribution in [2.75, 3.05) is 6.54 Å². The lowest BCUT2D eigenvalue weighted by Gasteiger charge is -1.93. The maximum atomic E-state index is 8.16. The molecule has 0 aromatic rings. The minimum absolute atomic E-state index is 0.130. The second-order valence-corrected chi connectivity index (χ2v) is 1.61. The van der Waals surface area contributed by atoms with Crippen LogP contribution in [0.2, 0.25) is 0 Å². The number of hydrogen-bond donors (Lipinski definition) is 1. The van der Waals surface area contributed by atoms with Gasteiger partial charge >= 0.3 is 0 Å². The zero-order valence-corrected chi connectivity index (χ0v) is 4.52. The molecule has 0 radical (unpaired) electrons. The van der Waals surface area contributed by atoms with Crippen LogP contribution in [0.1, 0.15) is 13.3 Å². The third-order valence-electron chi connectivity index (χ3n) is 0.820. The van der Waals surface area contributed by atoms with Gasteiger partial charge in [0.25, 0.3) is 0 Å². The third kappa shape index (κ3) is 3.28. The molecule has 1 atom stereocenters. The van der Waals surface area contributed by atoms with Crippen molar-refractivity contribution in [1.29, 1.82) is 5.26 Å². The summed E-state index contributed by atoms with van der Waals surface area (Å²) in [6.07, 6.45) is 0.816. The number of nitriles is 1. The van der Waals surface area contributed by atoms with Crippen LogP contribution >= 0.6 is 0 Å². The molecule has 0 fully saturated rings. The summed E-state index contributed by atoms with van der Waals surface area (Å²) in [5.74, 6) is 0.130. The molecule has 0 amide bonds. The summed E-state index contributed by atoms with van der Waals surface area (Å²) in [5, 5.41) is 8.16. The van der Waals surface area contributed by atoms with E-state index in [9.17, 15) is 0 Å². The van der Waals surface area contributed by atoms with Gasteiger partial charge in [-0.2, -0.15) is 5.26 Å². The summed E-state index contributed by atoms with van der Waals surface area (Å²) in [5.41, 5.74) is 5.15. The predicted molar refractivity (Wildman–Crippen MR) is 28.4 cm³/mol. The van der Waals surface area contributed by atoms with E-state index in [4.69, 9.17) is 11.0 Å². The average Bonchev–Trinajstić information content (AvgIpc) is 1.68. The fourth-order valence-corrected chi connectivity index (χ4v) is 0.315. The first kappa shape index (κ1) is 6.45. The Kier molecular flexibility index (Phi) is 3.35. The fraction of sp³-hybridized carbons (Fsp3) is 0.800. The summed E-state index contributed by atoms with van der Waals surface area (Å²) >= 11 is 0. The molecule has 0 spiro atoms. The topological polar surface area (TPSA) is 49.8 Å². The second kappa shape index (κ2) is 3.63. The lowest BCUT2D eigenvalue weighted by Crippen LogP contribution is -2.03. The molecule has 1 unspecified atom stereocenters. The molecule has 0 aliphatic carbocycles. The van der Waals surface area contributed by atoms with Gasteiger partial charge in [0.1, 0.15) is 0 Å². The van der Waals surface area contributed by atoms with E-state index >= 15 is 0 Å². The highest BCUT2D eigenvalue weighted by atomic mass is 14.5. The molecule has 2 heteroatoms. The third-order valence-corrected chi connectivity index (χ3v) is 0.820. The van der Waals surface area contributed by atoms with Crippen molar-refractivity contribution in [2.45, 2.75) is 13.3 Å². The van der Waals surface area contributed by atoms with E-state index in [1.807, 2.05) is 6.92 Å². The molecule has 0 bridgehead atoms. The van der Waals surface area contributed by atoms with Gasteiger partial charge in [0, 0.05) is 5.92 Å². The smallest absolute Gasteiger partial charge is 0.0653 e. The van der Waals surface area contributed by atoms with E-state index in [0.29, 0.717) is 6.54 Å². The molecule has 0 aliphatic heterocycles. The van der Waals surface area contributed by atoms with Gasteiger partial charge < -0.3 is 5.73 Å². The minimum Gasteiger partial charge on any atom is -0.330 e. The SMILES string of the molecule is CC(C#N)CCN. The van der Waals surface area contributed by atoms with Crippen LogP contribution in [0.15, 0.2) is 0 Å². The molecule has 0 aromatic carbocycles. The van der Waals surface area contributed by atoms with Gasteiger partial charge in [-0.25, -0.2) is 0 Å². The van der Waals surface area contributed by atoms with E-state index in [0.717, 1.165) is 6.42 Å². The van der Waals surface area contributed by atoms with E-state index in [1.165, 1.54) is 0 Å². The van der Waals surface area contributed by atoms with Crippen molar-refractivity contribution in [3.05, 3.63) is 0 Å². The van der Waals surface area contributed by atoms with Crippen LogP contribution in [0.3, 0.4) is 0 Å². The second-order valence-electron chi connectivity index (χ2n) is 1.61. The lowest BCUT2D eigenvalue weighted by atomic mass is 10.1. The Morgan fingerprint density at radius 3 is 2.57 bits per heavy atom. The number of rotatable bonds is 2. The lowest BCUT2D eigenvalue weighted by molar-refractivity contribution is 0.671. The first-order valence-corrected chi connectivity index (χ1v) is 2.41. The molecule has 0 saturated carbocycles. The largest absolute Gasteiger partial charge is 0.330 e. The average molecular weight is 98.1 g/mol. The summed E-state index contributed by atoms with van der Waals surface area (Å²) < 4.78 is 0. The predicted octanol–water partition coefficient (Wildman–Crippen LogP) is 0.495. The molecule has 2 nitrogen and oxygen atoms in total. The maximum absolute atomic E-state index is 8.16. The number of nitrogens with two attached hydrogens (primary N) is 1. The van der Waals surface area contributed by atoms with Crippen molar-refractivity contribution < 1.29 is 0 Å². The van der Waals surface area contributed by atoms with Crippen LogP contribution < -0.4 is 5.73 Å². The molecule has 0 saturated heterocycles. The Morgan fingerprint density at radius 1 is 1.86 bits per heavy atom. The zero-order valence-electron chi connectivity index (χ0n) is 4.52. The van der Waals surface area contributed by atoms with Crippen LogP contribution in [-0.2, 0) is 0 Å². The van der Waals surface area contributed by atoms with Gasteiger partial charge in [-0.15, -0.1) is 0 Å². The zero-order chi connectivity index (χ0) is 5.70. The Balaban J connectivity index is 3.04. The van der Waals surface area contributed by atoms with Crippen LogP contribution in [0.25, 0.3) is 0 Å². The Morgan fingerprint density at radius 2 is 2.43 bits per heavy atom. The molecule has 0 rings (SSSR count). The monoisotopic (exact) mass is 98.1 g/mol. The van der Waals surface area contributed by atoms with E-state index < -0.39 is 0 Å². The number of nitrogens with zero attached hydrogens (tertiary/aromatic N) is 1. The maximum Gasteiger partial charge on any atom is 0.0653 e. The molecular formula is C5H10N2. The highest BCUT2D eigenvalue weighted by Gasteiger charge is 1.93. The van der Waals surface area contributed by atoms with Gasteiger partial charge in [-0.05, 0) is 19.9 Å². The van der Waals surface area contributed by atoms with Gasteiger partial charge in [-0.3, -0.25) is 0 Å². The van der Waals surface area contributed by atoms with Crippen LogP contribution in [0.5, 0.6) is 0 Å².